The lowest BCUT2D eigenvalue weighted by molar-refractivity contribution is 0.0783. The standard InChI is InChI=1S/C14H30O2/c1-4-7-8-13(6-3)14(16)10-9-12(5-2)11-15/h12-16H,4-11H2,1-3H3. The average molecular weight is 230 g/mol. The van der Waals surface area contributed by atoms with Gasteiger partial charge in [-0.25, -0.2) is 0 Å². The summed E-state index contributed by atoms with van der Waals surface area (Å²) >= 11 is 0. The van der Waals surface area contributed by atoms with E-state index in [0.717, 1.165) is 32.1 Å². The van der Waals surface area contributed by atoms with E-state index >= 15 is 0 Å². The molecule has 0 saturated carbocycles. The highest BCUT2D eigenvalue weighted by Gasteiger charge is 2.18. The van der Waals surface area contributed by atoms with Gasteiger partial charge >= 0.3 is 0 Å². The summed E-state index contributed by atoms with van der Waals surface area (Å²) in [4.78, 5) is 0. The third-order valence-electron chi connectivity index (χ3n) is 3.70. The van der Waals surface area contributed by atoms with Crippen molar-refractivity contribution in [2.75, 3.05) is 6.61 Å². The first-order valence-corrected chi connectivity index (χ1v) is 6.98. The lowest BCUT2D eigenvalue weighted by Gasteiger charge is -2.23. The molecule has 0 amide bonds. The van der Waals surface area contributed by atoms with E-state index in [1.54, 1.807) is 0 Å². The number of unbranched alkanes of at least 4 members (excludes halogenated alkanes) is 1. The Kier molecular flexibility index (Phi) is 10.0. The second kappa shape index (κ2) is 10.1. The van der Waals surface area contributed by atoms with Crippen LogP contribution in [0.1, 0.15) is 65.7 Å². The van der Waals surface area contributed by atoms with Gasteiger partial charge in [-0.15, -0.1) is 0 Å². The van der Waals surface area contributed by atoms with Crippen molar-refractivity contribution in [2.24, 2.45) is 11.8 Å². The summed E-state index contributed by atoms with van der Waals surface area (Å²) in [6.07, 6.45) is 7.27. The summed E-state index contributed by atoms with van der Waals surface area (Å²) in [7, 11) is 0. The summed E-state index contributed by atoms with van der Waals surface area (Å²) in [6, 6.07) is 0. The van der Waals surface area contributed by atoms with Crippen LogP contribution in [0.3, 0.4) is 0 Å². The Hall–Kier alpha value is -0.0800. The fourth-order valence-corrected chi connectivity index (χ4v) is 2.20. The van der Waals surface area contributed by atoms with Gasteiger partial charge in [-0.3, -0.25) is 0 Å². The molecular formula is C14H30O2. The van der Waals surface area contributed by atoms with Gasteiger partial charge in [0.25, 0.3) is 0 Å². The summed E-state index contributed by atoms with van der Waals surface area (Å²) in [5, 5.41) is 19.2. The van der Waals surface area contributed by atoms with Crippen molar-refractivity contribution in [2.45, 2.75) is 71.8 Å². The maximum absolute atomic E-state index is 10.1. The molecule has 98 valence electrons. The van der Waals surface area contributed by atoms with Gasteiger partial charge in [0.1, 0.15) is 0 Å². The van der Waals surface area contributed by atoms with E-state index in [2.05, 4.69) is 20.8 Å². The number of aliphatic hydroxyl groups is 2. The zero-order chi connectivity index (χ0) is 12.4. The molecule has 16 heavy (non-hydrogen) atoms. The van der Waals surface area contributed by atoms with Crippen LogP contribution >= 0.6 is 0 Å². The summed E-state index contributed by atoms with van der Waals surface area (Å²) < 4.78 is 0. The van der Waals surface area contributed by atoms with E-state index in [1.807, 2.05) is 0 Å². The van der Waals surface area contributed by atoms with E-state index < -0.39 is 0 Å². The highest BCUT2D eigenvalue weighted by molar-refractivity contribution is 4.69. The van der Waals surface area contributed by atoms with Crippen LogP contribution in [-0.4, -0.2) is 22.9 Å². The lowest BCUT2D eigenvalue weighted by atomic mass is 9.88. The van der Waals surface area contributed by atoms with E-state index in [9.17, 15) is 5.11 Å². The van der Waals surface area contributed by atoms with Crippen LogP contribution in [0.25, 0.3) is 0 Å². The Labute approximate surface area is 101 Å². The molecule has 2 heteroatoms. The van der Waals surface area contributed by atoms with Crippen molar-refractivity contribution in [3.63, 3.8) is 0 Å². The van der Waals surface area contributed by atoms with Gasteiger partial charge in [-0.2, -0.15) is 0 Å². The first-order chi connectivity index (χ1) is 7.69. The molecule has 0 aromatic heterocycles. The molecule has 0 heterocycles. The molecule has 2 nitrogen and oxygen atoms in total. The minimum atomic E-state index is -0.169. The molecule has 0 bridgehead atoms. The minimum Gasteiger partial charge on any atom is -0.396 e. The van der Waals surface area contributed by atoms with Crippen LogP contribution in [0.15, 0.2) is 0 Å². The van der Waals surface area contributed by atoms with Gasteiger partial charge in [-0.1, -0.05) is 46.5 Å². The molecule has 3 atom stereocenters. The Balaban J connectivity index is 3.85. The van der Waals surface area contributed by atoms with Crippen molar-refractivity contribution in [3.8, 4) is 0 Å². The van der Waals surface area contributed by atoms with Gasteiger partial charge in [0, 0.05) is 6.61 Å². The molecule has 0 spiro atoms. The molecule has 0 aliphatic rings. The van der Waals surface area contributed by atoms with Crippen LogP contribution in [0.5, 0.6) is 0 Å². The number of aliphatic hydroxyl groups excluding tert-OH is 2. The molecule has 0 fully saturated rings. The maximum Gasteiger partial charge on any atom is 0.0568 e. The summed E-state index contributed by atoms with van der Waals surface area (Å²) in [6.45, 7) is 6.71. The first kappa shape index (κ1) is 15.9. The lowest BCUT2D eigenvalue weighted by Crippen LogP contribution is -2.21. The smallest absolute Gasteiger partial charge is 0.0568 e. The van der Waals surface area contributed by atoms with Crippen LogP contribution < -0.4 is 0 Å². The van der Waals surface area contributed by atoms with E-state index in [-0.39, 0.29) is 12.7 Å². The predicted molar refractivity (Wildman–Crippen MR) is 69.4 cm³/mol. The zero-order valence-corrected chi connectivity index (χ0v) is 11.3. The van der Waals surface area contributed by atoms with Crippen LogP contribution in [0, 0.1) is 11.8 Å². The monoisotopic (exact) mass is 230 g/mol. The number of hydrogen-bond acceptors (Lipinski definition) is 2. The van der Waals surface area contributed by atoms with Gasteiger partial charge < -0.3 is 10.2 Å². The maximum atomic E-state index is 10.1. The second-order valence-electron chi connectivity index (χ2n) is 4.91. The van der Waals surface area contributed by atoms with Crippen molar-refractivity contribution in [1.29, 1.82) is 0 Å². The molecule has 0 radical (unpaired) electrons. The Morgan fingerprint density at radius 1 is 0.938 bits per heavy atom. The minimum absolute atomic E-state index is 0.169. The van der Waals surface area contributed by atoms with Crippen LogP contribution in [-0.2, 0) is 0 Å². The van der Waals surface area contributed by atoms with Gasteiger partial charge in [0.2, 0.25) is 0 Å². The molecule has 3 unspecified atom stereocenters. The molecule has 0 aromatic carbocycles. The highest BCUT2D eigenvalue weighted by atomic mass is 16.3. The highest BCUT2D eigenvalue weighted by Crippen LogP contribution is 2.22. The Morgan fingerprint density at radius 3 is 2.06 bits per heavy atom. The molecule has 2 N–H and O–H groups in total. The molecule has 0 saturated heterocycles. The Bertz CT molecular complexity index is 144. The van der Waals surface area contributed by atoms with Crippen LogP contribution in [0.4, 0.5) is 0 Å². The van der Waals surface area contributed by atoms with Gasteiger partial charge in [0.05, 0.1) is 6.10 Å². The largest absolute Gasteiger partial charge is 0.396 e. The molecule has 0 rings (SSSR count). The summed E-state index contributed by atoms with van der Waals surface area (Å²) in [5.41, 5.74) is 0. The van der Waals surface area contributed by atoms with Crippen molar-refractivity contribution in [1.82, 2.24) is 0 Å². The van der Waals surface area contributed by atoms with E-state index in [4.69, 9.17) is 5.11 Å². The van der Waals surface area contributed by atoms with E-state index in [0.29, 0.717) is 11.8 Å². The molecular weight excluding hydrogens is 200 g/mol. The predicted octanol–water partition coefficient (Wildman–Crippen LogP) is 3.36. The zero-order valence-electron chi connectivity index (χ0n) is 11.3. The SMILES string of the molecule is CCCCC(CC)C(O)CCC(CC)CO. The molecule has 0 aliphatic carbocycles. The van der Waals surface area contributed by atoms with Gasteiger partial charge in [-0.05, 0) is 31.1 Å². The second-order valence-corrected chi connectivity index (χ2v) is 4.91. The van der Waals surface area contributed by atoms with Crippen molar-refractivity contribution >= 4 is 0 Å². The van der Waals surface area contributed by atoms with Gasteiger partial charge in [0.15, 0.2) is 0 Å². The van der Waals surface area contributed by atoms with E-state index in [1.165, 1.54) is 12.8 Å². The molecule has 0 aromatic rings. The third-order valence-corrected chi connectivity index (χ3v) is 3.70. The average Bonchev–Trinajstić information content (AvgIpc) is 2.31. The van der Waals surface area contributed by atoms with Crippen LogP contribution in [0.2, 0.25) is 0 Å². The normalized spacial score (nSPS) is 17.1. The van der Waals surface area contributed by atoms with Crippen molar-refractivity contribution < 1.29 is 10.2 Å². The topological polar surface area (TPSA) is 40.5 Å². The van der Waals surface area contributed by atoms with Crippen molar-refractivity contribution in [3.05, 3.63) is 0 Å². The number of hydrogen-bond donors (Lipinski definition) is 2. The molecule has 0 aliphatic heterocycles. The fraction of sp³-hybridized carbons (Fsp3) is 1.00. The Morgan fingerprint density at radius 2 is 1.62 bits per heavy atom. The first-order valence-electron chi connectivity index (χ1n) is 6.98. The third kappa shape index (κ3) is 6.49. The summed E-state index contributed by atoms with van der Waals surface area (Å²) in [5.74, 6) is 0.828. The quantitative estimate of drug-likeness (QED) is 0.604. The number of rotatable bonds is 10. The fourth-order valence-electron chi connectivity index (χ4n) is 2.20.